The van der Waals surface area contributed by atoms with E-state index >= 15 is 0 Å². The van der Waals surface area contributed by atoms with Crippen LogP contribution in [0, 0.1) is 0 Å². The zero-order valence-electron chi connectivity index (χ0n) is 13.4. The van der Waals surface area contributed by atoms with Crippen LogP contribution < -0.4 is 10.6 Å². The van der Waals surface area contributed by atoms with Crippen LogP contribution in [0.1, 0.15) is 18.9 Å². The number of hydrogen-bond donors (Lipinski definition) is 1. The molecule has 0 saturated carbocycles. The van der Waals surface area contributed by atoms with E-state index in [0.717, 1.165) is 31.9 Å². The van der Waals surface area contributed by atoms with Crippen molar-refractivity contribution in [2.75, 3.05) is 51.2 Å². The van der Waals surface area contributed by atoms with Crippen molar-refractivity contribution in [2.45, 2.75) is 24.8 Å². The number of nitrogens with zero attached hydrogens (tertiary/aromatic N) is 1. The number of nitrogens with two attached hydrogens (primary N) is 1. The van der Waals surface area contributed by atoms with E-state index in [4.69, 9.17) is 15.2 Å². The fourth-order valence-electron chi connectivity index (χ4n) is 2.30. The number of thioether (sulfide) groups is 1. The lowest BCUT2D eigenvalue weighted by Gasteiger charge is -2.27. The van der Waals surface area contributed by atoms with E-state index in [9.17, 15) is 0 Å². The lowest BCUT2D eigenvalue weighted by atomic mass is 10.1. The lowest BCUT2D eigenvalue weighted by molar-refractivity contribution is 0.191. The largest absolute Gasteiger partial charge is 0.385 e. The number of anilines is 1. The normalized spacial score (nSPS) is 10.9. The predicted octanol–water partition coefficient (Wildman–Crippen LogP) is 2.75. The van der Waals surface area contributed by atoms with Crippen molar-refractivity contribution in [3.63, 3.8) is 0 Å². The van der Waals surface area contributed by atoms with Crippen molar-refractivity contribution in [1.29, 1.82) is 0 Å². The van der Waals surface area contributed by atoms with Gasteiger partial charge in [0.2, 0.25) is 0 Å². The molecule has 2 N–H and O–H groups in total. The highest BCUT2D eigenvalue weighted by atomic mass is 32.2. The molecule has 0 atom stereocenters. The van der Waals surface area contributed by atoms with Crippen molar-refractivity contribution in [2.24, 2.45) is 5.73 Å². The van der Waals surface area contributed by atoms with Crippen molar-refractivity contribution < 1.29 is 9.47 Å². The summed E-state index contributed by atoms with van der Waals surface area (Å²) < 4.78 is 10.4. The van der Waals surface area contributed by atoms with E-state index in [0.29, 0.717) is 13.2 Å². The van der Waals surface area contributed by atoms with Gasteiger partial charge >= 0.3 is 0 Å². The molecule has 0 radical (unpaired) electrons. The molecule has 0 bridgehead atoms. The zero-order valence-corrected chi connectivity index (χ0v) is 14.2. The lowest BCUT2D eigenvalue weighted by Crippen LogP contribution is -2.30. The smallest absolute Gasteiger partial charge is 0.0637 e. The molecule has 0 aliphatic rings. The van der Waals surface area contributed by atoms with E-state index in [-0.39, 0.29) is 0 Å². The first-order valence-electron chi connectivity index (χ1n) is 7.46. The summed E-state index contributed by atoms with van der Waals surface area (Å²) in [6.07, 6.45) is 0.995. The van der Waals surface area contributed by atoms with Gasteiger partial charge in [0.25, 0.3) is 0 Å². The molecule has 5 heteroatoms. The van der Waals surface area contributed by atoms with Gasteiger partial charge in [-0.2, -0.15) is 0 Å². The van der Waals surface area contributed by atoms with E-state index < -0.39 is 0 Å². The monoisotopic (exact) mass is 312 g/mol. The second kappa shape index (κ2) is 10.9. The molecule has 4 nitrogen and oxygen atoms in total. The molecular weight excluding hydrogens is 284 g/mol. The first-order chi connectivity index (χ1) is 10.3. The van der Waals surface area contributed by atoms with E-state index in [1.165, 1.54) is 16.1 Å². The van der Waals surface area contributed by atoms with E-state index in [1.54, 1.807) is 14.2 Å². The molecule has 1 rings (SSSR count). The van der Waals surface area contributed by atoms with Gasteiger partial charge in [-0.05, 0) is 24.3 Å². The van der Waals surface area contributed by atoms with Crippen molar-refractivity contribution in [3.8, 4) is 0 Å². The van der Waals surface area contributed by atoms with Gasteiger partial charge in [0, 0.05) is 56.6 Å². The highest BCUT2D eigenvalue weighted by molar-refractivity contribution is 7.99. The minimum atomic E-state index is 0.562. The number of rotatable bonds is 11. The Labute approximate surface area is 133 Å². The third kappa shape index (κ3) is 5.87. The summed E-state index contributed by atoms with van der Waals surface area (Å²) in [7, 11) is 3.48. The molecule has 0 unspecified atom stereocenters. The molecule has 0 fully saturated rings. The second-order valence-corrected chi connectivity index (χ2v) is 6.02. The average Bonchev–Trinajstić information content (AvgIpc) is 2.51. The van der Waals surface area contributed by atoms with Crippen LogP contribution in [0.25, 0.3) is 0 Å². The van der Waals surface area contributed by atoms with Gasteiger partial charge < -0.3 is 20.1 Å². The van der Waals surface area contributed by atoms with E-state index in [1.807, 2.05) is 11.8 Å². The number of ether oxygens (including phenoxy) is 2. The molecule has 21 heavy (non-hydrogen) atoms. The molecule has 0 heterocycles. The van der Waals surface area contributed by atoms with Crippen molar-refractivity contribution in [3.05, 3.63) is 23.8 Å². The highest BCUT2D eigenvalue weighted by Gasteiger charge is 2.13. The molecule has 0 aromatic heterocycles. The van der Waals surface area contributed by atoms with Crippen LogP contribution in [0.2, 0.25) is 0 Å². The van der Waals surface area contributed by atoms with Crippen molar-refractivity contribution >= 4 is 17.4 Å². The molecule has 0 saturated heterocycles. The Morgan fingerprint density at radius 2 is 1.90 bits per heavy atom. The Morgan fingerprint density at radius 3 is 2.52 bits per heavy atom. The summed E-state index contributed by atoms with van der Waals surface area (Å²) >= 11 is 1.85. The molecule has 1 aromatic carbocycles. The Kier molecular flexibility index (Phi) is 9.50. The number of benzene rings is 1. The topological polar surface area (TPSA) is 47.7 Å². The fraction of sp³-hybridized carbons (Fsp3) is 0.625. The van der Waals surface area contributed by atoms with Gasteiger partial charge in [0.05, 0.1) is 6.61 Å². The zero-order chi connectivity index (χ0) is 15.5. The molecule has 0 aliphatic heterocycles. The van der Waals surface area contributed by atoms with Crippen LogP contribution in [0.4, 0.5) is 5.69 Å². The summed E-state index contributed by atoms with van der Waals surface area (Å²) in [6.45, 7) is 6.02. The van der Waals surface area contributed by atoms with Crippen LogP contribution >= 0.6 is 11.8 Å². The summed E-state index contributed by atoms with van der Waals surface area (Å²) in [5.41, 5.74) is 8.47. The SMILES string of the molecule is CCSc1cccc(N(CCCOC)CCOC)c1CN. The molecule has 120 valence electrons. The Balaban J connectivity index is 2.95. The summed E-state index contributed by atoms with van der Waals surface area (Å²) in [5.74, 6) is 1.05. The minimum Gasteiger partial charge on any atom is -0.385 e. The van der Waals surface area contributed by atoms with Crippen molar-refractivity contribution in [1.82, 2.24) is 0 Å². The van der Waals surface area contributed by atoms with Gasteiger partial charge in [0.15, 0.2) is 0 Å². The molecule has 1 aromatic rings. The number of methoxy groups -OCH3 is 2. The van der Waals surface area contributed by atoms with Crippen LogP contribution in [0.3, 0.4) is 0 Å². The first kappa shape index (κ1) is 18.3. The van der Waals surface area contributed by atoms with Gasteiger partial charge in [-0.25, -0.2) is 0 Å². The number of hydrogen-bond acceptors (Lipinski definition) is 5. The predicted molar refractivity (Wildman–Crippen MR) is 91.3 cm³/mol. The second-order valence-electron chi connectivity index (χ2n) is 4.72. The maximum absolute atomic E-state index is 6.01. The van der Waals surface area contributed by atoms with E-state index in [2.05, 4.69) is 30.0 Å². The highest BCUT2D eigenvalue weighted by Crippen LogP contribution is 2.30. The minimum absolute atomic E-state index is 0.562. The Bertz CT molecular complexity index is 402. The fourth-order valence-corrected chi connectivity index (χ4v) is 3.15. The molecule has 0 amide bonds. The average molecular weight is 312 g/mol. The summed E-state index contributed by atoms with van der Waals surface area (Å²) in [5, 5.41) is 0. The first-order valence-corrected chi connectivity index (χ1v) is 8.44. The third-order valence-electron chi connectivity index (χ3n) is 3.29. The summed E-state index contributed by atoms with van der Waals surface area (Å²) in [6, 6.07) is 6.43. The molecule has 0 spiro atoms. The third-order valence-corrected chi connectivity index (χ3v) is 4.28. The quantitative estimate of drug-likeness (QED) is 0.503. The summed E-state index contributed by atoms with van der Waals surface area (Å²) in [4.78, 5) is 3.64. The molecular formula is C16H28N2O2S. The maximum Gasteiger partial charge on any atom is 0.0637 e. The Morgan fingerprint density at radius 1 is 1.14 bits per heavy atom. The van der Waals surface area contributed by atoms with Crippen LogP contribution in [-0.4, -0.2) is 46.3 Å². The maximum atomic E-state index is 6.01. The standard InChI is InChI=1S/C16H28N2O2S/c1-4-21-16-8-5-7-15(14(16)13-17)18(10-12-20-3)9-6-11-19-2/h5,7-8H,4,6,9-13,17H2,1-3H3. The van der Waals surface area contributed by atoms with Crippen LogP contribution in [-0.2, 0) is 16.0 Å². The van der Waals surface area contributed by atoms with Gasteiger partial charge in [-0.15, -0.1) is 11.8 Å². The van der Waals surface area contributed by atoms with Crippen LogP contribution in [0.15, 0.2) is 23.1 Å². The van der Waals surface area contributed by atoms with Gasteiger partial charge in [-0.3, -0.25) is 0 Å². The molecule has 0 aliphatic carbocycles. The Hall–Kier alpha value is -0.750. The van der Waals surface area contributed by atoms with Crippen LogP contribution in [0.5, 0.6) is 0 Å². The van der Waals surface area contributed by atoms with Gasteiger partial charge in [-0.1, -0.05) is 13.0 Å². The van der Waals surface area contributed by atoms with Gasteiger partial charge in [0.1, 0.15) is 0 Å².